The van der Waals surface area contributed by atoms with E-state index in [2.05, 4.69) is 27.6 Å². The van der Waals surface area contributed by atoms with Crippen molar-refractivity contribution in [2.45, 2.75) is 25.5 Å². The van der Waals surface area contributed by atoms with Gasteiger partial charge in [-0.15, -0.1) is 11.3 Å². The van der Waals surface area contributed by atoms with Crippen LogP contribution in [0, 0.1) is 2.88 Å². The van der Waals surface area contributed by atoms with Crippen LogP contribution in [0.1, 0.15) is 24.4 Å². The van der Waals surface area contributed by atoms with E-state index in [0.29, 0.717) is 11.6 Å². The number of nitrogens with zero attached hydrogens (tertiary/aromatic N) is 2. The summed E-state index contributed by atoms with van der Waals surface area (Å²) in [7, 11) is 0. The average molecular weight is 396 g/mol. The number of carbonyl (C=O) groups is 2. The van der Waals surface area contributed by atoms with E-state index >= 15 is 0 Å². The van der Waals surface area contributed by atoms with Gasteiger partial charge in [0.2, 0.25) is 5.91 Å². The lowest BCUT2D eigenvalue weighted by Crippen LogP contribution is -2.52. The standard InChI is InChI=1S/C11H13IN2O4S/c1-2-3-14-7(15)5-18-9(11(16)17)8(14)10-13-4-6(12)19-10/h4,8-9H,2-3,5H2,1H3,(H,16,17). The third-order valence-corrected chi connectivity index (χ3v) is 4.58. The molecule has 0 aliphatic carbocycles. The van der Waals surface area contributed by atoms with Crippen LogP contribution in [-0.4, -0.2) is 46.1 Å². The molecule has 1 aliphatic rings. The van der Waals surface area contributed by atoms with Crippen molar-refractivity contribution >= 4 is 45.8 Å². The maximum Gasteiger partial charge on any atom is 0.335 e. The number of morpholine rings is 1. The Labute approximate surface area is 127 Å². The number of ether oxygens (including phenoxy) is 1. The van der Waals surface area contributed by atoms with Gasteiger partial charge < -0.3 is 14.7 Å². The van der Waals surface area contributed by atoms with Crippen molar-refractivity contribution in [2.75, 3.05) is 13.2 Å². The number of hydrogen-bond donors (Lipinski definition) is 1. The molecule has 2 atom stereocenters. The maximum atomic E-state index is 11.9. The molecule has 19 heavy (non-hydrogen) atoms. The minimum Gasteiger partial charge on any atom is -0.479 e. The van der Waals surface area contributed by atoms with Crippen LogP contribution in [0.4, 0.5) is 0 Å². The maximum absolute atomic E-state index is 11.9. The molecule has 0 spiro atoms. The fourth-order valence-electron chi connectivity index (χ4n) is 2.03. The van der Waals surface area contributed by atoms with E-state index in [-0.39, 0.29) is 12.5 Å². The number of aliphatic carboxylic acids is 1. The topological polar surface area (TPSA) is 79.7 Å². The van der Waals surface area contributed by atoms with Crippen LogP contribution in [0.15, 0.2) is 6.20 Å². The summed E-state index contributed by atoms with van der Waals surface area (Å²) >= 11 is 3.50. The van der Waals surface area contributed by atoms with Crippen molar-refractivity contribution in [3.8, 4) is 0 Å². The molecule has 1 N–H and O–H groups in total. The van der Waals surface area contributed by atoms with E-state index in [9.17, 15) is 14.7 Å². The van der Waals surface area contributed by atoms with Crippen LogP contribution in [0.25, 0.3) is 0 Å². The summed E-state index contributed by atoms with van der Waals surface area (Å²) < 4.78 is 6.13. The number of aromatic nitrogens is 1. The Hall–Kier alpha value is -0.740. The number of halogens is 1. The van der Waals surface area contributed by atoms with Crippen molar-refractivity contribution in [2.24, 2.45) is 0 Å². The predicted octanol–water partition coefficient (Wildman–Crippen LogP) is 1.51. The molecule has 6 nitrogen and oxygen atoms in total. The van der Waals surface area contributed by atoms with E-state index in [1.165, 1.54) is 11.3 Å². The summed E-state index contributed by atoms with van der Waals surface area (Å²) in [6.07, 6.45) is 1.38. The zero-order valence-corrected chi connectivity index (χ0v) is 13.2. The number of thiazole rings is 1. The third-order valence-electron chi connectivity index (χ3n) is 2.79. The molecule has 2 heterocycles. The normalized spacial score (nSPS) is 23.7. The van der Waals surface area contributed by atoms with Gasteiger partial charge in [-0.2, -0.15) is 0 Å². The molecule has 0 aromatic carbocycles. The summed E-state index contributed by atoms with van der Waals surface area (Å²) in [5.74, 6) is -1.25. The van der Waals surface area contributed by atoms with E-state index in [4.69, 9.17) is 4.74 Å². The Morgan fingerprint density at radius 1 is 1.74 bits per heavy atom. The molecule has 1 amide bonds. The smallest absolute Gasteiger partial charge is 0.335 e. The van der Waals surface area contributed by atoms with Crippen molar-refractivity contribution in [1.29, 1.82) is 0 Å². The lowest BCUT2D eigenvalue weighted by atomic mass is 10.1. The van der Waals surface area contributed by atoms with Gasteiger partial charge in [-0.3, -0.25) is 4.79 Å². The van der Waals surface area contributed by atoms with Crippen LogP contribution in [-0.2, 0) is 14.3 Å². The molecule has 1 aliphatic heterocycles. The van der Waals surface area contributed by atoms with E-state index in [1.807, 2.05) is 6.92 Å². The van der Waals surface area contributed by atoms with E-state index < -0.39 is 18.1 Å². The van der Waals surface area contributed by atoms with Crippen molar-refractivity contribution < 1.29 is 19.4 Å². The monoisotopic (exact) mass is 396 g/mol. The van der Waals surface area contributed by atoms with Crippen molar-refractivity contribution in [3.63, 3.8) is 0 Å². The molecule has 1 saturated heterocycles. The summed E-state index contributed by atoms with van der Waals surface area (Å²) in [6, 6.07) is -0.632. The van der Waals surface area contributed by atoms with Gasteiger partial charge in [-0.05, 0) is 29.0 Å². The molecule has 0 bridgehead atoms. The lowest BCUT2D eigenvalue weighted by Gasteiger charge is -2.37. The quantitative estimate of drug-likeness (QED) is 0.781. The second-order valence-electron chi connectivity index (χ2n) is 4.10. The highest BCUT2D eigenvalue weighted by molar-refractivity contribution is 14.1. The molecular weight excluding hydrogens is 383 g/mol. The molecule has 0 saturated carbocycles. The van der Waals surface area contributed by atoms with E-state index in [1.54, 1.807) is 11.1 Å². The fourth-order valence-corrected chi connectivity index (χ4v) is 3.63. The first-order valence-corrected chi connectivity index (χ1v) is 7.69. The van der Waals surface area contributed by atoms with Gasteiger partial charge in [0.25, 0.3) is 0 Å². The number of rotatable bonds is 4. The van der Waals surface area contributed by atoms with Crippen LogP contribution < -0.4 is 0 Å². The van der Waals surface area contributed by atoms with Gasteiger partial charge in [-0.25, -0.2) is 9.78 Å². The van der Waals surface area contributed by atoms with Crippen LogP contribution in [0.2, 0.25) is 0 Å². The summed E-state index contributed by atoms with van der Waals surface area (Å²) in [5, 5.41) is 9.87. The molecule has 2 unspecified atom stereocenters. The van der Waals surface area contributed by atoms with Gasteiger partial charge in [0, 0.05) is 6.54 Å². The zero-order valence-electron chi connectivity index (χ0n) is 10.2. The van der Waals surface area contributed by atoms with Gasteiger partial charge in [0.15, 0.2) is 6.10 Å². The minimum absolute atomic E-state index is 0.185. The Kier molecular flexibility index (Phi) is 4.74. The summed E-state index contributed by atoms with van der Waals surface area (Å²) in [6.45, 7) is 2.27. The van der Waals surface area contributed by atoms with Crippen LogP contribution in [0.3, 0.4) is 0 Å². The first-order chi connectivity index (χ1) is 9.04. The Balaban J connectivity index is 2.37. The highest BCUT2D eigenvalue weighted by Gasteiger charge is 2.43. The molecule has 1 aromatic rings. The number of carboxylic acid groups (broad SMARTS) is 1. The molecule has 1 aromatic heterocycles. The second-order valence-corrected chi connectivity index (χ2v) is 7.06. The Morgan fingerprint density at radius 2 is 2.47 bits per heavy atom. The molecule has 1 fully saturated rings. The van der Waals surface area contributed by atoms with Crippen LogP contribution >= 0.6 is 33.9 Å². The predicted molar refractivity (Wildman–Crippen MR) is 77.0 cm³/mol. The molecule has 2 rings (SSSR count). The van der Waals surface area contributed by atoms with Gasteiger partial charge >= 0.3 is 5.97 Å². The third kappa shape index (κ3) is 3.06. The average Bonchev–Trinajstić information content (AvgIpc) is 2.78. The first kappa shape index (κ1) is 14.7. The lowest BCUT2D eigenvalue weighted by molar-refractivity contribution is -0.173. The highest BCUT2D eigenvalue weighted by Crippen LogP contribution is 2.33. The molecule has 0 radical (unpaired) electrons. The fraction of sp³-hybridized carbons (Fsp3) is 0.545. The molecule has 8 heteroatoms. The number of hydrogen-bond acceptors (Lipinski definition) is 5. The Bertz CT molecular complexity index is 493. The highest BCUT2D eigenvalue weighted by atomic mass is 127. The second kappa shape index (κ2) is 6.14. The van der Waals surface area contributed by atoms with Gasteiger partial charge in [0.1, 0.15) is 17.7 Å². The van der Waals surface area contributed by atoms with Gasteiger partial charge in [-0.1, -0.05) is 6.92 Å². The summed E-state index contributed by atoms with van der Waals surface area (Å²) in [4.78, 5) is 29.0. The van der Waals surface area contributed by atoms with Gasteiger partial charge in [0.05, 0.1) is 9.08 Å². The number of carboxylic acids is 1. The summed E-state index contributed by atoms with van der Waals surface area (Å²) in [5.41, 5.74) is 0. The molecule has 104 valence electrons. The number of amides is 1. The van der Waals surface area contributed by atoms with Crippen molar-refractivity contribution in [3.05, 3.63) is 14.1 Å². The first-order valence-electron chi connectivity index (χ1n) is 5.79. The Morgan fingerprint density at radius 3 is 3.00 bits per heavy atom. The SMILES string of the molecule is CCCN1C(=O)COC(C(=O)O)C1c1ncc(I)s1. The minimum atomic E-state index is -1.07. The van der Waals surface area contributed by atoms with Crippen molar-refractivity contribution in [1.82, 2.24) is 9.88 Å². The molecular formula is C11H13IN2O4S. The van der Waals surface area contributed by atoms with Crippen LogP contribution in [0.5, 0.6) is 0 Å². The van der Waals surface area contributed by atoms with E-state index in [0.717, 1.165) is 9.30 Å². The largest absolute Gasteiger partial charge is 0.479 e. The number of carbonyl (C=O) groups excluding carboxylic acids is 1. The zero-order chi connectivity index (χ0) is 14.0.